The molecule has 2 aromatic rings. The molecule has 33 heavy (non-hydrogen) atoms. The van der Waals surface area contributed by atoms with Crippen LogP contribution < -0.4 is 16.2 Å². The highest BCUT2D eigenvalue weighted by atomic mass is 32.2. The number of carbonyl (C=O) groups is 1. The van der Waals surface area contributed by atoms with Gasteiger partial charge in [0.15, 0.2) is 5.82 Å². The standard InChI is InChI=1S/C23H36N6O3S/c1-3-5-16-29(17-6-4-2)33(31,32)23-25-20-15-11-10-14-19(20)21(26-23)27-28-22(30)24-18-12-8-7-9-13-18/h10-11,14-15,18H,3-9,12-13,16-17H2,1-2H3,(H2,24,28,30)(H,25,26,27). The van der Waals surface area contributed by atoms with Gasteiger partial charge in [-0.05, 0) is 37.8 Å². The lowest BCUT2D eigenvalue weighted by molar-refractivity contribution is 0.234. The monoisotopic (exact) mass is 476 g/mol. The Kier molecular flexibility index (Phi) is 9.25. The number of amides is 2. The average Bonchev–Trinajstić information content (AvgIpc) is 2.83. The van der Waals surface area contributed by atoms with Crippen molar-refractivity contribution in [3.63, 3.8) is 0 Å². The zero-order chi connectivity index (χ0) is 23.7. The molecule has 1 fully saturated rings. The molecule has 0 aliphatic heterocycles. The molecule has 9 nitrogen and oxygen atoms in total. The zero-order valence-corrected chi connectivity index (χ0v) is 20.5. The number of para-hydroxylation sites is 1. The lowest BCUT2D eigenvalue weighted by Gasteiger charge is -2.23. The number of rotatable bonds is 11. The number of sulfonamides is 1. The molecular weight excluding hydrogens is 440 g/mol. The summed E-state index contributed by atoms with van der Waals surface area (Å²) in [6, 6.07) is 6.95. The van der Waals surface area contributed by atoms with Crippen molar-refractivity contribution in [2.45, 2.75) is 82.8 Å². The van der Waals surface area contributed by atoms with Crippen LogP contribution in [-0.4, -0.2) is 47.9 Å². The Bertz CT molecular complexity index is 1020. The highest BCUT2D eigenvalue weighted by Gasteiger charge is 2.28. The zero-order valence-electron chi connectivity index (χ0n) is 19.6. The molecule has 3 N–H and O–H groups in total. The first-order valence-corrected chi connectivity index (χ1v) is 13.5. The van der Waals surface area contributed by atoms with Gasteiger partial charge in [0.1, 0.15) is 0 Å². The van der Waals surface area contributed by atoms with Crippen LogP contribution in [-0.2, 0) is 10.0 Å². The van der Waals surface area contributed by atoms with Crippen LogP contribution in [0.1, 0.15) is 71.6 Å². The molecule has 3 rings (SSSR count). The van der Waals surface area contributed by atoms with Gasteiger partial charge < -0.3 is 5.32 Å². The molecule has 0 spiro atoms. The number of aromatic nitrogens is 2. The quantitative estimate of drug-likeness (QED) is 0.331. The molecule has 1 aliphatic rings. The Morgan fingerprint density at radius 3 is 2.36 bits per heavy atom. The van der Waals surface area contributed by atoms with Gasteiger partial charge in [-0.15, -0.1) is 0 Å². The molecule has 0 saturated heterocycles. The Morgan fingerprint density at radius 1 is 1.03 bits per heavy atom. The van der Waals surface area contributed by atoms with Gasteiger partial charge in [-0.2, -0.15) is 9.29 Å². The topological polar surface area (TPSA) is 116 Å². The molecule has 0 bridgehead atoms. The van der Waals surface area contributed by atoms with Gasteiger partial charge in [0.25, 0.3) is 15.2 Å². The number of carbonyl (C=O) groups excluding carboxylic acids is 1. The highest BCUT2D eigenvalue weighted by molar-refractivity contribution is 7.89. The van der Waals surface area contributed by atoms with Crippen molar-refractivity contribution in [3.8, 4) is 0 Å². The summed E-state index contributed by atoms with van der Waals surface area (Å²) in [5, 5.41) is 3.33. The minimum atomic E-state index is -3.88. The molecular formula is C23H36N6O3S. The fraction of sp³-hybridized carbons (Fsp3) is 0.609. The average molecular weight is 477 g/mol. The molecule has 1 aliphatic carbocycles. The largest absolute Gasteiger partial charge is 0.334 e. The van der Waals surface area contributed by atoms with Crippen molar-refractivity contribution in [3.05, 3.63) is 24.3 Å². The molecule has 1 heterocycles. The van der Waals surface area contributed by atoms with Gasteiger partial charge >= 0.3 is 6.03 Å². The lowest BCUT2D eigenvalue weighted by atomic mass is 9.96. The van der Waals surface area contributed by atoms with Crippen molar-refractivity contribution in [2.24, 2.45) is 0 Å². The Hall–Kier alpha value is -2.46. The maximum atomic E-state index is 13.4. The van der Waals surface area contributed by atoms with Crippen LogP contribution in [0.5, 0.6) is 0 Å². The first-order chi connectivity index (χ1) is 16.0. The SMILES string of the molecule is CCCCN(CCCC)S(=O)(=O)c1nc(NNC(=O)NC2CCCCC2)c2ccccc2n1. The van der Waals surface area contributed by atoms with Crippen LogP contribution in [0, 0.1) is 0 Å². The Morgan fingerprint density at radius 2 is 1.70 bits per heavy atom. The summed E-state index contributed by atoms with van der Waals surface area (Å²) < 4.78 is 28.3. The lowest BCUT2D eigenvalue weighted by Crippen LogP contribution is -2.45. The summed E-state index contributed by atoms with van der Waals surface area (Å²) in [5.74, 6) is 0.254. The normalized spacial score (nSPS) is 15.0. The molecule has 0 radical (unpaired) electrons. The first-order valence-electron chi connectivity index (χ1n) is 12.0. The predicted octanol–water partition coefficient (Wildman–Crippen LogP) is 4.18. The summed E-state index contributed by atoms with van der Waals surface area (Å²) in [5.41, 5.74) is 5.93. The van der Waals surface area contributed by atoms with Crippen molar-refractivity contribution < 1.29 is 13.2 Å². The van der Waals surface area contributed by atoms with Crippen LogP contribution in [0.4, 0.5) is 10.6 Å². The minimum Gasteiger partial charge on any atom is -0.334 e. The summed E-state index contributed by atoms with van der Waals surface area (Å²) in [7, 11) is -3.88. The third-order valence-corrected chi connectivity index (χ3v) is 7.60. The number of nitrogens with one attached hydrogen (secondary N) is 3. The fourth-order valence-electron chi connectivity index (χ4n) is 3.99. The minimum absolute atomic E-state index is 0.157. The predicted molar refractivity (Wildman–Crippen MR) is 130 cm³/mol. The number of fused-ring (bicyclic) bond motifs is 1. The maximum Gasteiger partial charge on any atom is 0.333 e. The van der Waals surface area contributed by atoms with E-state index < -0.39 is 10.0 Å². The molecule has 10 heteroatoms. The highest BCUT2D eigenvalue weighted by Crippen LogP contribution is 2.23. The summed E-state index contributed by atoms with van der Waals surface area (Å²) in [6.07, 6.45) is 8.69. The van der Waals surface area contributed by atoms with Crippen LogP contribution in [0.15, 0.2) is 29.4 Å². The number of hydrogen-bond donors (Lipinski definition) is 3. The van der Waals surface area contributed by atoms with E-state index in [-0.39, 0.29) is 23.0 Å². The number of anilines is 1. The number of benzene rings is 1. The molecule has 0 unspecified atom stereocenters. The molecule has 2 amide bonds. The van der Waals surface area contributed by atoms with Gasteiger partial charge in [0.05, 0.1) is 5.52 Å². The first kappa shape index (κ1) is 25.2. The second kappa shape index (κ2) is 12.1. The van der Waals surface area contributed by atoms with Crippen LogP contribution in [0.25, 0.3) is 10.9 Å². The van der Waals surface area contributed by atoms with E-state index in [0.717, 1.165) is 51.4 Å². The van der Waals surface area contributed by atoms with Gasteiger partial charge in [-0.1, -0.05) is 58.1 Å². The number of hydrazine groups is 1. The van der Waals surface area contributed by atoms with Crippen molar-refractivity contribution in [1.29, 1.82) is 0 Å². The Balaban J connectivity index is 1.83. The van der Waals surface area contributed by atoms with Gasteiger partial charge in [0, 0.05) is 24.5 Å². The molecule has 182 valence electrons. The van der Waals surface area contributed by atoms with E-state index in [9.17, 15) is 13.2 Å². The van der Waals surface area contributed by atoms with Crippen molar-refractivity contribution >= 4 is 32.8 Å². The number of nitrogens with zero attached hydrogens (tertiary/aromatic N) is 3. The summed E-state index contributed by atoms with van der Waals surface area (Å²) in [6.45, 7) is 4.92. The van der Waals surface area contributed by atoms with E-state index >= 15 is 0 Å². The number of urea groups is 1. The van der Waals surface area contributed by atoms with E-state index in [4.69, 9.17) is 0 Å². The second-order valence-electron chi connectivity index (χ2n) is 8.54. The number of unbranched alkanes of at least 4 members (excludes halogenated alkanes) is 2. The molecule has 1 saturated carbocycles. The van der Waals surface area contributed by atoms with Crippen molar-refractivity contribution in [2.75, 3.05) is 18.5 Å². The van der Waals surface area contributed by atoms with Crippen LogP contribution in [0.2, 0.25) is 0 Å². The fourth-order valence-corrected chi connectivity index (χ4v) is 5.38. The molecule has 0 atom stereocenters. The van der Waals surface area contributed by atoms with E-state index in [2.05, 4.69) is 26.1 Å². The van der Waals surface area contributed by atoms with Gasteiger partial charge in [0.2, 0.25) is 0 Å². The van der Waals surface area contributed by atoms with Crippen LogP contribution in [0.3, 0.4) is 0 Å². The van der Waals surface area contributed by atoms with E-state index in [1.807, 2.05) is 19.9 Å². The van der Waals surface area contributed by atoms with Gasteiger partial charge in [-0.25, -0.2) is 18.2 Å². The van der Waals surface area contributed by atoms with Crippen LogP contribution >= 0.6 is 0 Å². The van der Waals surface area contributed by atoms with E-state index in [1.165, 1.54) is 10.7 Å². The third-order valence-electron chi connectivity index (χ3n) is 5.91. The van der Waals surface area contributed by atoms with Crippen molar-refractivity contribution in [1.82, 2.24) is 25.0 Å². The summed E-state index contributed by atoms with van der Waals surface area (Å²) in [4.78, 5) is 21.1. The third kappa shape index (κ3) is 6.77. The summed E-state index contributed by atoms with van der Waals surface area (Å²) >= 11 is 0. The van der Waals surface area contributed by atoms with E-state index in [1.54, 1.807) is 18.2 Å². The smallest absolute Gasteiger partial charge is 0.333 e. The van der Waals surface area contributed by atoms with E-state index in [0.29, 0.717) is 24.0 Å². The Labute approximate surface area is 196 Å². The second-order valence-corrected chi connectivity index (χ2v) is 10.4. The number of hydrogen-bond acceptors (Lipinski definition) is 6. The molecule has 1 aromatic carbocycles. The maximum absolute atomic E-state index is 13.4. The van der Waals surface area contributed by atoms with Gasteiger partial charge in [-0.3, -0.25) is 10.9 Å². The molecule has 1 aromatic heterocycles.